The van der Waals surface area contributed by atoms with Gasteiger partial charge in [-0.05, 0) is 23.8 Å². The summed E-state index contributed by atoms with van der Waals surface area (Å²) in [5.74, 6) is -0.634. The number of hydrogen-bond donors (Lipinski definition) is 2. The topological polar surface area (TPSA) is 62.3 Å². The van der Waals surface area contributed by atoms with E-state index in [1.165, 1.54) is 6.07 Å². The number of aromatic amines is 1. The fraction of sp³-hybridized carbons (Fsp3) is 0.0625. The molecule has 0 aliphatic heterocycles. The number of nitrogens with one attached hydrogen (secondary N) is 1. The van der Waals surface area contributed by atoms with Crippen LogP contribution in [0.1, 0.15) is 16.1 Å². The third-order valence-corrected chi connectivity index (χ3v) is 4.35. The average Bonchev–Trinajstić information content (AvgIpc) is 2.97. The van der Waals surface area contributed by atoms with Crippen LogP contribution in [0.25, 0.3) is 10.9 Å². The Kier molecular flexibility index (Phi) is 4.39. The maximum atomic E-state index is 11.1. The fourth-order valence-corrected chi connectivity index (χ4v) is 2.70. The molecule has 0 atom stereocenters. The highest BCUT2D eigenvalue weighted by atomic mass is 35.5. The Morgan fingerprint density at radius 3 is 2.48 bits per heavy atom. The van der Waals surface area contributed by atoms with Gasteiger partial charge in [0, 0.05) is 16.5 Å². The first-order chi connectivity index (χ1) is 11.0. The van der Waals surface area contributed by atoms with Crippen LogP contribution in [0.4, 0.5) is 0 Å². The van der Waals surface area contributed by atoms with Crippen molar-refractivity contribution in [3.05, 3.63) is 62.7 Å². The van der Waals surface area contributed by atoms with Gasteiger partial charge < -0.3 is 14.8 Å². The van der Waals surface area contributed by atoms with Crippen LogP contribution >= 0.6 is 34.8 Å². The molecule has 2 aromatic carbocycles. The van der Waals surface area contributed by atoms with Crippen LogP contribution < -0.4 is 4.74 Å². The normalized spacial score (nSPS) is 10.9. The average molecular weight is 371 g/mol. The van der Waals surface area contributed by atoms with Crippen molar-refractivity contribution < 1.29 is 14.6 Å². The molecule has 118 valence electrons. The number of aromatic carboxylic acids is 1. The van der Waals surface area contributed by atoms with Crippen LogP contribution in [0.3, 0.4) is 0 Å². The summed E-state index contributed by atoms with van der Waals surface area (Å²) in [7, 11) is 0. The summed E-state index contributed by atoms with van der Waals surface area (Å²) in [5.41, 5.74) is 1.37. The van der Waals surface area contributed by atoms with Crippen molar-refractivity contribution in [1.82, 2.24) is 4.98 Å². The predicted octanol–water partition coefficient (Wildman–Crippen LogP) is 5.41. The molecule has 1 heterocycles. The van der Waals surface area contributed by atoms with Crippen molar-refractivity contribution in [2.75, 3.05) is 0 Å². The molecular formula is C16H10Cl3NO3. The number of halogens is 3. The van der Waals surface area contributed by atoms with Crippen molar-refractivity contribution in [1.29, 1.82) is 0 Å². The third-order valence-electron chi connectivity index (χ3n) is 3.31. The highest BCUT2D eigenvalue weighted by molar-refractivity contribution is 6.45. The van der Waals surface area contributed by atoms with Crippen molar-refractivity contribution in [3.63, 3.8) is 0 Å². The first-order valence-corrected chi connectivity index (χ1v) is 7.70. The van der Waals surface area contributed by atoms with Gasteiger partial charge in [0.2, 0.25) is 0 Å². The van der Waals surface area contributed by atoms with Crippen LogP contribution in [-0.2, 0) is 6.61 Å². The van der Waals surface area contributed by atoms with Gasteiger partial charge in [-0.25, -0.2) is 4.79 Å². The zero-order valence-electron chi connectivity index (χ0n) is 11.6. The Hall–Kier alpha value is -1.88. The van der Waals surface area contributed by atoms with Crippen molar-refractivity contribution in [2.45, 2.75) is 6.61 Å². The maximum Gasteiger partial charge on any atom is 0.352 e. The van der Waals surface area contributed by atoms with E-state index in [9.17, 15) is 4.79 Å². The van der Waals surface area contributed by atoms with Gasteiger partial charge >= 0.3 is 5.97 Å². The summed E-state index contributed by atoms with van der Waals surface area (Å²) < 4.78 is 5.78. The van der Waals surface area contributed by atoms with E-state index in [0.29, 0.717) is 21.7 Å². The minimum absolute atomic E-state index is 0.0144. The lowest BCUT2D eigenvalue weighted by molar-refractivity contribution is 0.0691. The molecule has 0 aliphatic carbocycles. The first-order valence-electron chi connectivity index (χ1n) is 6.57. The van der Waals surface area contributed by atoms with Crippen LogP contribution in [0, 0.1) is 0 Å². The number of carboxylic acid groups (broad SMARTS) is 1. The quantitative estimate of drug-likeness (QED) is 0.646. The van der Waals surface area contributed by atoms with Gasteiger partial charge in [-0.3, -0.25) is 0 Å². The molecule has 0 aliphatic rings. The molecule has 23 heavy (non-hydrogen) atoms. The van der Waals surface area contributed by atoms with Gasteiger partial charge in [0.15, 0.2) is 0 Å². The van der Waals surface area contributed by atoms with E-state index in [0.717, 1.165) is 5.56 Å². The first kappa shape index (κ1) is 16.0. The molecule has 0 unspecified atom stereocenters. The highest BCUT2D eigenvalue weighted by Gasteiger charge is 2.16. The van der Waals surface area contributed by atoms with Gasteiger partial charge in [-0.1, -0.05) is 46.9 Å². The maximum absolute atomic E-state index is 11.1. The van der Waals surface area contributed by atoms with Crippen LogP contribution in [-0.4, -0.2) is 16.1 Å². The summed E-state index contributed by atoms with van der Waals surface area (Å²) >= 11 is 18.1. The van der Waals surface area contributed by atoms with Gasteiger partial charge in [0.05, 0.1) is 15.6 Å². The Morgan fingerprint density at radius 1 is 1.13 bits per heavy atom. The second-order valence-electron chi connectivity index (χ2n) is 4.86. The summed E-state index contributed by atoms with van der Waals surface area (Å²) in [6, 6.07) is 10.3. The second-order valence-corrected chi connectivity index (χ2v) is 6.08. The lowest BCUT2D eigenvalue weighted by Gasteiger charge is -2.09. The van der Waals surface area contributed by atoms with Crippen LogP contribution in [0.2, 0.25) is 15.1 Å². The SMILES string of the molecule is O=C(O)c1cc2c(OCc3ccc(Cl)cc3)cc(Cl)c(Cl)c2[nH]1. The number of H-pyrrole nitrogens is 1. The summed E-state index contributed by atoms with van der Waals surface area (Å²) in [5, 5.41) is 10.9. The molecule has 0 bridgehead atoms. The van der Waals surface area contributed by atoms with Crippen molar-refractivity contribution in [3.8, 4) is 5.75 Å². The molecule has 0 fully saturated rings. The van der Waals surface area contributed by atoms with Gasteiger partial charge in [0.25, 0.3) is 0 Å². The third kappa shape index (κ3) is 3.24. The van der Waals surface area contributed by atoms with E-state index < -0.39 is 5.97 Å². The number of hydrogen-bond acceptors (Lipinski definition) is 2. The van der Waals surface area contributed by atoms with E-state index in [1.54, 1.807) is 18.2 Å². The molecule has 0 spiro atoms. The van der Waals surface area contributed by atoms with Gasteiger partial charge in [-0.15, -0.1) is 0 Å². The Balaban J connectivity index is 1.97. The molecule has 1 aromatic heterocycles. The molecule has 7 heteroatoms. The van der Waals surface area contributed by atoms with E-state index >= 15 is 0 Å². The van der Waals surface area contributed by atoms with Gasteiger partial charge in [-0.2, -0.15) is 0 Å². The predicted molar refractivity (Wildman–Crippen MR) is 91.1 cm³/mol. The molecule has 0 radical (unpaired) electrons. The Morgan fingerprint density at radius 2 is 1.83 bits per heavy atom. The van der Waals surface area contributed by atoms with E-state index in [-0.39, 0.29) is 22.3 Å². The monoisotopic (exact) mass is 369 g/mol. The molecule has 3 rings (SSSR count). The molecule has 0 saturated heterocycles. The smallest absolute Gasteiger partial charge is 0.352 e. The number of ether oxygens (including phenoxy) is 1. The van der Waals surface area contributed by atoms with Crippen LogP contribution in [0.5, 0.6) is 5.75 Å². The fourth-order valence-electron chi connectivity index (χ4n) is 2.17. The minimum atomic E-state index is -1.09. The van der Waals surface area contributed by atoms with E-state index in [2.05, 4.69) is 4.98 Å². The number of carbonyl (C=O) groups is 1. The van der Waals surface area contributed by atoms with Gasteiger partial charge in [0.1, 0.15) is 18.1 Å². The lowest BCUT2D eigenvalue weighted by Crippen LogP contribution is -1.95. The molecule has 3 aromatic rings. The van der Waals surface area contributed by atoms with E-state index in [4.69, 9.17) is 44.6 Å². The highest BCUT2D eigenvalue weighted by Crippen LogP contribution is 2.38. The zero-order chi connectivity index (χ0) is 16.6. The molecule has 4 nitrogen and oxygen atoms in total. The van der Waals surface area contributed by atoms with Crippen molar-refractivity contribution in [2.24, 2.45) is 0 Å². The Labute approximate surface area is 146 Å². The number of rotatable bonds is 4. The largest absolute Gasteiger partial charge is 0.488 e. The summed E-state index contributed by atoms with van der Waals surface area (Å²) in [6.45, 7) is 0.289. The molecular weight excluding hydrogens is 361 g/mol. The van der Waals surface area contributed by atoms with E-state index in [1.807, 2.05) is 12.1 Å². The Bertz CT molecular complexity index is 888. The zero-order valence-corrected chi connectivity index (χ0v) is 13.8. The number of benzene rings is 2. The van der Waals surface area contributed by atoms with Crippen LogP contribution in [0.15, 0.2) is 36.4 Å². The molecule has 0 saturated carbocycles. The number of carboxylic acids is 1. The standard InChI is InChI=1S/C16H10Cl3NO3/c17-9-3-1-8(2-4-9)7-23-13-6-11(18)14(19)15-10(13)5-12(20-15)16(21)22/h1-6,20H,7H2,(H,21,22). The molecule has 0 amide bonds. The summed E-state index contributed by atoms with van der Waals surface area (Å²) in [6.07, 6.45) is 0. The summed E-state index contributed by atoms with van der Waals surface area (Å²) in [4.78, 5) is 13.9. The lowest BCUT2D eigenvalue weighted by atomic mass is 10.2. The van der Waals surface area contributed by atoms with Crippen molar-refractivity contribution >= 4 is 51.7 Å². The molecule has 2 N–H and O–H groups in total. The number of fused-ring (bicyclic) bond motifs is 1. The second kappa shape index (κ2) is 6.32. The number of aromatic nitrogens is 1. The minimum Gasteiger partial charge on any atom is -0.488 e.